The van der Waals surface area contributed by atoms with E-state index < -0.39 is 0 Å². The van der Waals surface area contributed by atoms with Crippen LogP contribution in [0.4, 0.5) is 0 Å². The lowest BCUT2D eigenvalue weighted by Crippen LogP contribution is -1.97. The SMILES string of the molecule is c1ccc(-c2nc(-c3cc(-c4cccc5ncccc45)cc(-c4cccc5ncccc45)c3)cc(-c3cccc4c3sc3ccccc34)n2)cc1. The van der Waals surface area contributed by atoms with Crippen LogP contribution in [0.2, 0.25) is 0 Å². The molecule has 6 aromatic carbocycles. The predicted octanol–water partition coefficient (Wildman–Crippen LogP) is 12.3. The normalized spacial score (nSPS) is 11.5. The summed E-state index contributed by atoms with van der Waals surface area (Å²) in [5.74, 6) is 0.692. The van der Waals surface area contributed by atoms with Crippen LogP contribution >= 0.6 is 11.3 Å². The van der Waals surface area contributed by atoms with E-state index in [1.807, 2.05) is 54.1 Å². The van der Waals surface area contributed by atoms with Crippen molar-refractivity contribution < 1.29 is 0 Å². The number of pyridine rings is 2. The zero-order chi connectivity index (χ0) is 33.7. The molecule has 0 aliphatic heterocycles. The van der Waals surface area contributed by atoms with Gasteiger partial charge < -0.3 is 0 Å². The molecule has 0 fully saturated rings. The van der Waals surface area contributed by atoms with Crippen LogP contribution in [-0.2, 0) is 0 Å². The summed E-state index contributed by atoms with van der Waals surface area (Å²) in [5.41, 5.74) is 11.2. The fourth-order valence-corrected chi connectivity index (χ4v) is 8.42. The number of hydrogen-bond donors (Lipinski definition) is 0. The third-order valence-electron chi connectivity index (χ3n) is 9.58. The molecule has 0 atom stereocenters. The summed E-state index contributed by atoms with van der Waals surface area (Å²) in [7, 11) is 0. The molecule has 0 saturated carbocycles. The molecule has 4 heterocycles. The van der Waals surface area contributed by atoms with Crippen molar-refractivity contribution in [3.8, 4) is 56.2 Å². The van der Waals surface area contributed by atoms with Gasteiger partial charge in [-0.3, -0.25) is 9.97 Å². The van der Waals surface area contributed by atoms with Gasteiger partial charge >= 0.3 is 0 Å². The summed E-state index contributed by atoms with van der Waals surface area (Å²) in [6.07, 6.45) is 3.70. The lowest BCUT2D eigenvalue weighted by molar-refractivity contribution is 1.19. The van der Waals surface area contributed by atoms with E-state index in [1.54, 1.807) is 0 Å². The molecule has 10 aromatic rings. The fourth-order valence-electron chi connectivity index (χ4n) is 7.19. The summed E-state index contributed by atoms with van der Waals surface area (Å²) >= 11 is 1.82. The Morgan fingerprint density at radius 2 is 0.941 bits per heavy atom. The van der Waals surface area contributed by atoms with Crippen LogP contribution in [0.5, 0.6) is 0 Å². The molecule has 0 radical (unpaired) electrons. The average molecular weight is 669 g/mol. The van der Waals surface area contributed by atoms with Crippen LogP contribution in [0.15, 0.2) is 170 Å². The molecule has 5 heteroatoms. The van der Waals surface area contributed by atoms with E-state index in [0.29, 0.717) is 5.82 Å². The first-order valence-corrected chi connectivity index (χ1v) is 17.8. The molecule has 0 aliphatic rings. The summed E-state index contributed by atoms with van der Waals surface area (Å²) in [5, 5.41) is 4.72. The van der Waals surface area contributed by atoms with Gasteiger partial charge in [0.05, 0.1) is 22.4 Å². The highest BCUT2D eigenvalue weighted by Gasteiger charge is 2.17. The van der Waals surface area contributed by atoms with Crippen molar-refractivity contribution in [3.05, 3.63) is 170 Å². The number of aromatic nitrogens is 4. The maximum absolute atomic E-state index is 5.28. The van der Waals surface area contributed by atoms with Crippen LogP contribution in [0.25, 0.3) is 98.1 Å². The van der Waals surface area contributed by atoms with Gasteiger partial charge in [0.1, 0.15) is 0 Å². The Labute approximate surface area is 298 Å². The Morgan fingerprint density at radius 1 is 0.373 bits per heavy atom. The number of nitrogens with zero attached hydrogens (tertiary/aromatic N) is 4. The molecule has 0 bridgehead atoms. The third kappa shape index (κ3) is 5.14. The Kier molecular flexibility index (Phi) is 6.96. The van der Waals surface area contributed by atoms with Crippen LogP contribution in [0.1, 0.15) is 0 Å². The molecule has 4 aromatic heterocycles. The van der Waals surface area contributed by atoms with E-state index in [2.05, 4.69) is 137 Å². The van der Waals surface area contributed by atoms with Gasteiger partial charge in [0.2, 0.25) is 0 Å². The van der Waals surface area contributed by atoms with Crippen molar-refractivity contribution in [2.24, 2.45) is 0 Å². The maximum Gasteiger partial charge on any atom is 0.160 e. The van der Waals surface area contributed by atoms with Gasteiger partial charge in [-0.1, -0.05) is 103 Å². The van der Waals surface area contributed by atoms with Gasteiger partial charge in [-0.05, 0) is 76.9 Å². The molecule has 0 saturated heterocycles. The molecular weight excluding hydrogens is 641 g/mol. The largest absolute Gasteiger partial charge is 0.256 e. The van der Waals surface area contributed by atoms with Crippen molar-refractivity contribution in [1.29, 1.82) is 0 Å². The lowest BCUT2D eigenvalue weighted by atomic mass is 9.91. The van der Waals surface area contributed by atoms with Crippen molar-refractivity contribution in [2.75, 3.05) is 0 Å². The second-order valence-corrected chi connectivity index (χ2v) is 13.7. The zero-order valence-electron chi connectivity index (χ0n) is 27.4. The first-order chi connectivity index (χ1) is 25.3. The van der Waals surface area contributed by atoms with Crippen molar-refractivity contribution in [3.63, 3.8) is 0 Å². The smallest absolute Gasteiger partial charge is 0.160 e. The second-order valence-electron chi connectivity index (χ2n) is 12.7. The Hall–Kier alpha value is -6.56. The molecule has 0 aliphatic carbocycles. The van der Waals surface area contributed by atoms with E-state index in [0.717, 1.165) is 72.1 Å². The first kappa shape index (κ1) is 29.4. The zero-order valence-corrected chi connectivity index (χ0v) is 28.2. The van der Waals surface area contributed by atoms with Crippen molar-refractivity contribution in [2.45, 2.75) is 0 Å². The molecule has 4 nitrogen and oxygen atoms in total. The fraction of sp³-hybridized carbons (Fsp3) is 0. The average Bonchev–Trinajstić information content (AvgIpc) is 3.59. The number of thiophene rings is 1. The summed E-state index contributed by atoms with van der Waals surface area (Å²) in [4.78, 5) is 19.9. The maximum atomic E-state index is 5.28. The molecule has 0 spiro atoms. The number of fused-ring (bicyclic) bond motifs is 5. The lowest BCUT2D eigenvalue weighted by Gasteiger charge is -2.15. The van der Waals surface area contributed by atoms with Gasteiger partial charge in [-0.25, -0.2) is 9.97 Å². The van der Waals surface area contributed by atoms with Crippen LogP contribution in [-0.4, -0.2) is 19.9 Å². The van der Waals surface area contributed by atoms with Crippen molar-refractivity contribution >= 4 is 53.3 Å². The van der Waals surface area contributed by atoms with Crippen LogP contribution in [0.3, 0.4) is 0 Å². The van der Waals surface area contributed by atoms with Crippen molar-refractivity contribution in [1.82, 2.24) is 19.9 Å². The van der Waals surface area contributed by atoms with Gasteiger partial charge in [0, 0.05) is 60.0 Å². The molecule has 0 unspecified atom stereocenters. The van der Waals surface area contributed by atoms with Crippen LogP contribution in [0, 0.1) is 0 Å². The van der Waals surface area contributed by atoms with Gasteiger partial charge in [-0.2, -0.15) is 0 Å². The molecule has 0 N–H and O–H groups in total. The molecule has 51 heavy (non-hydrogen) atoms. The van der Waals surface area contributed by atoms with Gasteiger partial charge in [0.25, 0.3) is 0 Å². The minimum Gasteiger partial charge on any atom is -0.256 e. The predicted molar refractivity (Wildman–Crippen MR) is 213 cm³/mol. The minimum atomic E-state index is 0.692. The molecular formula is C46H28N4S. The first-order valence-electron chi connectivity index (χ1n) is 17.0. The van der Waals surface area contributed by atoms with E-state index in [9.17, 15) is 0 Å². The van der Waals surface area contributed by atoms with E-state index in [1.165, 1.54) is 20.2 Å². The third-order valence-corrected chi connectivity index (χ3v) is 10.8. The Bertz CT molecular complexity index is 2820. The van der Waals surface area contributed by atoms with E-state index in [4.69, 9.17) is 9.97 Å². The summed E-state index contributed by atoms with van der Waals surface area (Å²) < 4.78 is 2.49. The highest BCUT2D eigenvalue weighted by Crippen LogP contribution is 2.42. The van der Waals surface area contributed by atoms with E-state index >= 15 is 0 Å². The molecule has 238 valence electrons. The van der Waals surface area contributed by atoms with Gasteiger partial charge in [0.15, 0.2) is 5.82 Å². The quantitative estimate of drug-likeness (QED) is 0.183. The summed E-state index contributed by atoms with van der Waals surface area (Å²) in [6, 6.07) is 55.4. The Balaban J connectivity index is 1.26. The number of hydrogen-bond acceptors (Lipinski definition) is 5. The number of rotatable bonds is 5. The topological polar surface area (TPSA) is 51.6 Å². The number of benzene rings is 6. The second kappa shape index (κ2) is 12.1. The molecule has 0 amide bonds. The minimum absolute atomic E-state index is 0.692. The summed E-state index contributed by atoms with van der Waals surface area (Å²) in [6.45, 7) is 0. The Morgan fingerprint density at radius 3 is 1.67 bits per heavy atom. The van der Waals surface area contributed by atoms with E-state index in [-0.39, 0.29) is 0 Å². The standard InChI is InChI=1S/C46H28N4S/c1-2-11-29(12-3-1)46-49-42(28-43(50-46)39-17-6-16-38-37-13-4-5-22-44(37)51-45(38)39)32-26-30(33-14-7-20-40-35(33)18-9-23-47-40)25-31(27-32)34-15-8-21-41-36(34)19-10-24-48-41/h1-28H. The monoisotopic (exact) mass is 668 g/mol. The molecule has 10 rings (SSSR count). The highest BCUT2D eigenvalue weighted by molar-refractivity contribution is 7.26. The van der Waals surface area contributed by atoms with Crippen LogP contribution < -0.4 is 0 Å². The van der Waals surface area contributed by atoms with Gasteiger partial charge in [-0.15, -0.1) is 11.3 Å². The highest BCUT2D eigenvalue weighted by atomic mass is 32.1.